The van der Waals surface area contributed by atoms with E-state index in [-0.39, 0.29) is 32.1 Å². The van der Waals surface area contributed by atoms with Crippen molar-refractivity contribution in [2.75, 3.05) is 6.54 Å². The highest BCUT2D eigenvalue weighted by Gasteiger charge is 2.70. The minimum Gasteiger partial charge on any atom is -0.253 e. The molecule has 10 heteroatoms. The Morgan fingerprint density at radius 1 is 0.485 bits per heavy atom. The molecule has 0 spiro atoms. The van der Waals surface area contributed by atoms with Crippen LogP contribution in [-0.2, 0) is 0 Å². The van der Waals surface area contributed by atoms with Crippen LogP contribution in [0.3, 0.4) is 0 Å². The van der Waals surface area contributed by atoms with E-state index in [1.165, 1.54) is 18.2 Å². The first-order valence-electron chi connectivity index (χ1n) is 12.2. The normalized spacial score (nSPS) is 13.6. The summed E-state index contributed by atoms with van der Waals surface area (Å²) in [5, 5.41) is 1.29. The Bertz CT molecular complexity index is 479. The maximum Gasteiger partial charge on any atom is 0.389 e. The summed E-state index contributed by atoms with van der Waals surface area (Å²) in [6, 6.07) is -5.05. The second-order valence-corrected chi connectivity index (χ2v) is 8.84. The third kappa shape index (κ3) is 14.4. The second kappa shape index (κ2) is 16.1. The molecule has 0 radical (unpaired) electrons. The van der Waals surface area contributed by atoms with Crippen molar-refractivity contribution in [1.82, 2.24) is 5.32 Å². The number of nitrogens with one attached hydrogen (secondary N) is 1. The van der Waals surface area contributed by atoms with Gasteiger partial charge >= 0.3 is 24.1 Å². The number of rotatable bonds is 21. The molecule has 0 heterocycles. The topological polar surface area (TPSA) is 12.0 Å². The molecule has 0 aliphatic rings. The van der Waals surface area contributed by atoms with Crippen molar-refractivity contribution in [1.29, 1.82) is 0 Å². The molecular formula is C23H40F9N. The van der Waals surface area contributed by atoms with Gasteiger partial charge in [0.1, 0.15) is 0 Å². The molecule has 0 aromatic rings. The van der Waals surface area contributed by atoms with Crippen molar-refractivity contribution in [2.45, 2.75) is 140 Å². The Balaban J connectivity index is 4.10. The zero-order valence-electron chi connectivity index (χ0n) is 19.6. The molecule has 0 fully saturated rings. The molecule has 0 bridgehead atoms. The van der Waals surface area contributed by atoms with Crippen LogP contribution in [0.25, 0.3) is 0 Å². The summed E-state index contributed by atoms with van der Waals surface area (Å²) in [5.74, 6) is -10.5. The molecule has 1 nitrogen and oxygen atoms in total. The molecule has 0 atom stereocenters. The molecule has 200 valence electrons. The van der Waals surface area contributed by atoms with E-state index >= 15 is 0 Å². The zero-order valence-corrected chi connectivity index (χ0v) is 19.6. The van der Waals surface area contributed by atoms with E-state index in [0.29, 0.717) is 6.42 Å². The molecule has 33 heavy (non-hydrogen) atoms. The van der Waals surface area contributed by atoms with Crippen LogP contribution in [-0.4, -0.2) is 30.6 Å². The Morgan fingerprint density at radius 2 is 0.879 bits per heavy atom. The summed E-state index contributed by atoms with van der Waals surface area (Å²) in [5.41, 5.74) is 0. The van der Waals surface area contributed by atoms with E-state index in [1.54, 1.807) is 0 Å². The summed E-state index contributed by atoms with van der Waals surface area (Å²) in [6.45, 7) is 1.64. The van der Waals surface area contributed by atoms with Gasteiger partial charge in [0.05, 0.1) is 0 Å². The number of hydrogen-bond acceptors (Lipinski definition) is 1. The van der Waals surface area contributed by atoms with Gasteiger partial charge in [-0.1, -0.05) is 84.0 Å². The molecular weight excluding hydrogens is 461 g/mol. The first kappa shape index (κ1) is 32.3. The summed E-state index contributed by atoms with van der Waals surface area (Å²) >= 11 is 0. The first-order chi connectivity index (χ1) is 15.3. The van der Waals surface area contributed by atoms with Gasteiger partial charge in [0, 0.05) is 19.4 Å². The Kier molecular flexibility index (Phi) is 15.8. The van der Waals surface area contributed by atoms with Crippen LogP contribution >= 0.6 is 0 Å². The lowest BCUT2D eigenvalue weighted by molar-refractivity contribution is -0.320. The van der Waals surface area contributed by atoms with Crippen LogP contribution < -0.4 is 5.32 Å². The van der Waals surface area contributed by atoms with Crippen molar-refractivity contribution >= 4 is 0 Å². The monoisotopic (exact) mass is 501 g/mol. The van der Waals surface area contributed by atoms with Crippen LogP contribution in [0.4, 0.5) is 39.5 Å². The van der Waals surface area contributed by atoms with Crippen molar-refractivity contribution in [3.63, 3.8) is 0 Å². The van der Waals surface area contributed by atoms with Crippen LogP contribution in [0, 0.1) is 0 Å². The summed E-state index contributed by atoms with van der Waals surface area (Å²) in [4.78, 5) is 0. The molecule has 0 amide bonds. The van der Waals surface area contributed by atoms with Crippen LogP contribution in [0.5, 0.6) is 0 Å². The minimum absolute atomic E-state index is 0.0267. The van der Waals surface area contributed by atoms with Gasteiger partial charge in [0.25, 0.3) is 0 Å². The fourth-order valence-corrected chi connectivity index (χ4v) is 3.56. The van der Waals surface area contributed by atoms with E-state index in [1.807, 2.05) is 0 Å². The highest BCUT2D eigenvalue weighted by atomic mass is 19.4. The molecule has 0 aliphatic carbocycles. The maximum absolute atomic E-state index is 13.9. The number of hydrogen-bond donors (Lipinski definition) is 1. The third-order valence-electron chi connectivity index (χ3n) is 5.68. The SMILES string of the molecule is CCCCCCCCCCCCNC(F)(F)C(F)(F)C(F)(F)CCCCCCCC(F)(F)F. The number of unbranched alkanes of at least 4 members (excludes halogenated alkanes) is 13. The number of halogens is 9. The Hall–Kier alpha value is -0.670. The third-order valence-corrected chi connectivity index (χ3v) is 5.68. The highest BCUT2D eigenvalue weighted by molar-refractivity contribution is 4.94. The number of alkyl halides is 9. The van der Waals surface area contributed by atoms with Gasteiger partial charge in [-0.15, -0.1) is 0 Å². The molecule has 0 saturated heterocycles. The summed E-state index contributed by atoms with van der Waals surface area (Å²) in [7, 11) is 0. The van der Waals surface area contributed by atoms with Crippen molar-refractivity contribution in [3.8, 4) is 0 Å². The molecule has 0 aromatic carbocycles. The van der Waals surface area contributed by atoms with Crippen LogP contribution in [0.1, 0.15) is 116 Å². The van der Waals surface area contributed by atoms with Gasteiger partial charge in [-0.25, -0.2) is 0 Å². The molecule has 0 aromatic heterocycles. The van der Waals surface area contributed by atoms with E-state index in [9.17, 15) is 39.5 Å². The summed E-state index contributed by atoms with van der Waals surface area (Å²) in [6.07, 6.45) is 2.10. The van der Waals surface area contributed by atoms with Gasteiger partial charge < -0.3 is 0 Å². The van der Waals surface area contributed by atoms with Crippen LogP contribution in [0.2, 0.25) is 0 Å². The minimum atomic E-state index is -5.56. The van der Waals surface area contributed by atoms with E-state index in [2.05, 4.69) is 6.92 Å². The van der Waals surface area contributed by atoms with Gasteiger partial charge in [0.2, 0.25) is 0 Å². The quantitative estimate of drug-likeness (QED) is 0.0938. The van der Waals surface area contributed by atoms with Gasteiger partial charge in [-0.2, -0.15) is 39.5 Å². The lowest BCUT2D eigenvalue weighted by Crippen LogP contribution is -2.61. The Morgan fingerprint density at radius 3 is 1.33 bits per heavy atom. The fourth-order valence-electron chi connectivity index (χ4n) is 3.56. The van der Waals surface area contributed by atoms with Crippen molar-refractivity contribution in [3.05, 3.63) is 0 Å². The second-order valence-electron chi connectivity index (χ2n) is 8.84. The molecule has 0 unspecified atom stereocenters. The molecule has 0 saturated carbocycles. The zero-order chi connectivity index (χ0) is 25.4. The van der Waals surface area contributed by atoms with E-state index in [4.69, 9.17) is 0 Å². The fraction of sp³-hybridized carbons (Fsp3) is 1.00. The van der Waals surface area contributed by atoms with E-state index in [0.717, 1.165) is 38.5 Å². The molecule has 0 rings (SSSR count). The average molecular weight is 502 g/mol. The van der Waals surface area contributed by atoms with Crippen molar-refractivity contribution in [2.24, 2.45) is 0 Å². The van der Waals surface area contributed by atoms with Crippen LogP contribution in [0.15, 0.2) is 0 Å². The van der Waals surface area contributed by atoms with Gasteiger partial charge in [-0.05, 0) is 19.3 Å². The lowest BCUT2D eigenvalue weighted by atomic mass is 10.0. The predicted molar refractivity (Wildman–Crippen MR) is 113 cm³/mol. The van der Waals surface area contributed by atoms with E-state index < -0.39 is 49.9 Å². The first-order valence-corrected chi connectivity index (χ1v) is 12.2. The molecule has 0 aliphatic heterocycles. The molecule has 1 N–H and O–H groups in total. The highest BCUT2D eigenvalue weighted by Crippen LogP contribution is 2.46. The van der Waals surface area contributed by atoms with Gasteiger partial charge in [0.15, 0.2) is 0 Å². The lowest BCUT2D eigenvalue weighted by Gasteiger charge is -2.33. The van der Waals surface area contributed by atoms with Crippen molar-refractivity contribution < 1.29 is 39.5 Å². The maximum atomic E-state index is 13.9. The predicted octanol–water partition coefficient (Wildman–Crippen LogP) is 9.65. The average Bonchev–Trinajstić information content (AvgIpc) is 2.70. The smallest absolute Gasteiger partial charge is 0.253 e. The summed E-state index contributed by atoms with van der Waals surface area (Å²) < 4.78 is 119. The standard InChI is InChI=1S/C23H40F9N/c1-2-3-4-5-6-7-8-9-13-16-19-33-23(31,32)22(29,30)20(24,25)17-14-11-10-12-15-18-21(26,27)28/h33H,2-19H2,1H3. The van der Waals surface area contributed by atoms with Gasteiger partial charge in [-0.3, -0.25) is 5.32 Å². The largest absolute Gasteiger partial charge is 0.389 e. The Labute approximate surface area is 192 Å².